The average molecular weight is 578 g/mol. The molecule has 0 aliphatic heterocycles. The number of nitrogens with one attached hydrogen (secondary N) is 1. The van der Waals surface area contributed by atoms with E-state index in [0.717, 1.165) is 27.9 Å². The van der Waals surface area contributed by atoms with Crippen LogP contribution in [0.4, 0.5) is 5.69 Å². The minimum Gasteiger partial charge on any atom is -0.365 e. The number of halogens is 4. The van der Waals surface area contributed by atoms with E-state index in [4.69, 9.17) is 51.1 Å². The van der Waals surface area contributed by atoms with E-state index in [9.17, 15) is 4.79 Å². The second-order valence-corrected chi connectivity index (χ2v) is 10.5. The fourth-order valence-corrected chi connectivity index (χ4v) is 5.01. The summed E-state index contributed by atoms with van der Waals surface area (Å²) in [6.07, 6.45) is 5.20. The van der Waals surface area contributed by atoms with Gasteiger partial charge >= 0.3 is 0 Å². The van der Waals surface area contributed by atoms with Gasteiger partial charge in [0.15, 0.2) is 6.54 Å². The van der Waals surface area contributed by atoms with Crippen LogP contribution in [0.2, 0.25) is 20.1 Å². The fourth-order valence-electron chi connectivity index (χ4n) is 4.02. The minimum atomic E-state index is -0.402. The molecule has 3 aromatic carbocycles. The van der Waals surface area contributed by atoms with Crippen molar-refractivity contribution in [2.75, 3.05) is 5.32 Å². The molecule has 1 atom stereocenters. The molecule has 0 fully saturated rings. The van der Waals surface area contributed by atoms with E-state index in [1.165, 1.54) is 0 Å². The molecule has 1 amide bonds. The summed E-state index contributed by atoms with van der Waals surface area (Å²) in [4.78, 5) is 12.7. The van der Waals surface area contributed by atoms with E-state index in [0.29, 0.717) is 26.6 Å². The maximum Gasteiger partial charge on any atom is 0.266 e. The zero-order valence-corrected chi connectivity index (χ0v) is 23.4. The SMILES string of the molecule is Cc1cccc(C)c1NC(=O)C[n+]1ccn(CC(OCc2ccc(Cl)cc2Cl)c2ccc(Cl)cc2Cl)c1. The highest BCUT2D eigenvalue weighted by Crippen LogP contribution is 2.31. The van der Waals surface area contributed by atoms with Crippen LogP contribution >= 0.6 is 46.4 Å². The molecule has 192 valence electrons. The molecule has 1 unspecified atom stereocenters. The highest BCUT2D eigenvalue weighted by atomic mass is 35.5. The predicted octanol–water partition coefficient (Wildman–Crippen LogP) is 7.60. The molecule has 1 N–H and O–H groups in total. The standard InChI is InChI=1S/C28H25Cl4N3O2/c1-18-4-3-5-19(2)28(18)33-27(36)15-35-11-10-34(17-35)14-26(23-9-8-22(30)13-25(23)32)37-16-20-6-7-21(29)12-24(20)31/h3-13,17,26H,14-16H2,1-2H3/p+1. The summed E-state index contributed by atoms with van der Waals surface area (Å²) in [5, 5.41) is 5.16. The third-order valence-electron chi connectivity index (χ3n) is 5.96. The first-order valence-electron chi connectivity index (χ1n) is 11.6. The zero-order chi connectivity index (χ0) is 26.5. The van der Waals surface area contributed by atoms with E-state index in [-0.39, 0.29) is 19.1 Å². The van der Waals surface area contributed by atoms with Gasteiger partial charge in [-0.3, -0.25) is 4.79 Å². The number of nitrogens with zero attached hydrogens (tertiary/aromatic N) is 2. The normalized spacial score (nSPS) is 11.9. The van der Waals surface area contributed by atoms with Gasteiger partial charge in [-0.2, -0.15) is 0 Å². The molecule has 4 rings (SSSR count). The predicted molar refractivity (Wildman–Crippen MR) is 150 cm³/mol. The second kappa shape index (κ2) is 12.3. The van der Waals surface area contributed by atoms with Crippen molar-refractivity contribution >= 4 is 58.0 Å². The second-order valence-electron chi connectivity index (χ2n) is 8.80. The van der Waals surface area contributed by atoms with Crippen molar-refractivity contribution in [3.8, 4) is 0 Å². The van der Waals surface area contributed by atoms with Gasteiger partial charge in [0.25, 0.3) is 5.91 Å². The lowest BCUT2D eigenvalue weighted by Crippen LogP contribution is -2.38. The fraction of sp³-hybridized carbons (Fsp3) is 0.214. The Hall–Kier alpha value is -2.54. The van der Waals surface area contributed by atoms with Crippen LogP contribution in [-0.4, -0.2) is 10.5 Å². The Kier molecular flexibility index (Phi) is 9.17. The number of amides is 1. The van der Waals surface area contributed by atoms with E-state index < -0.39 is 6.10 Å². The van der Waals surface area contributed by atoms with Crippen LogP contribution in [0.15, 0.2) is 73.3 Å². The van der Waals surface area contributed by atoms with Gasteiger partial charge in [0.2, 0.25) is 6.33 Å². The van der Waals surface area contributed by atoms with Crippen molar-refractivity contribution in [2.24, 2.45) is 0 Å². The number of ether oxygens (including phenoxy) is 1. The molecule has 0 radical (unpaired) electrons. The molecule has 37 heavy (non-hydrogen) atoms. The van der Waals surface area contributed by atoms with Crippen LogP contribution in [-0.2, 0) is 29.2 Å². The quantitative estimate of drug-likeness (QED) is 0.208. The smallest absolute Gasteiger partial charge is 0.266 e. The summed E-state index contributed by atoms with van der Waals surface area (Å²) in [6, 6.07) is 16.6. The number of aromatic nitrogens is 2. The number of rotatable bonds is 9. The number of imidazole rings is 1. The summed E-state index contributed by atoms with van der Waals surface area (Å²) in [7, 11) is 0. The van der Waals surface area contributed by atoms with Crippen LogP contribution in [0, 0.1) is 13.8 Å². The number of para-hydroxylation sites is 1. The number of anilines is 1. The molecule has 0 aliphatic carbocycles. The number of carbonyl (C=O) groups is 1. The molecule has 1 aromatic heterocycles. The Morgan fingerprint density at radius 1 is 0.973 bits per heavy atom. The van der Waals surface area contributed by atoms with Crippen molar-refractivity contribution in [1.29, 1.82) is 0 Å². The van der Waals surface area contributed by atoms with Crippen LogP contribution in [0.3, 0.4) is 0 Å². The number of carbonyl (C=O) groups excluding carboxylic acids is 1. The van der Waals surface area contributed by atoms with Gasteiger partial charge in [-0.25, -0.2) is 9.13 Å². The Bertz CT molecular complexity index is 1400. The van der Waals surface area contributed by atoms with Crippen LogP contribution in [0.1, 0.15) is 28.4 Å². The molecule has 0 saturated carbocycles. The lowest BCUT2D eigenvalue weighted by atomic mass is 10.1. The number of benzene rings is 3. The lowest BCUT2D eigenvalue weighted by Gasteiger charge is -2.19. The first-order valence-corrected chi connectivity index (χ1v) is 13.1. The zero-order valence-electron chi connectivity index (χ0n) is 20.3. The van der Waals surface area contributed by atoms with Crippen molar-refractivity contribution in [2.45, 2.75) is 39.6 Å². The maximum absolute atomic E-state index is 12.7. The summed E-state index contributed by atoms with van der Waals surface area (Å²) in [5.41, 5.74) is 4.50. The van der Waals surface area contributed by atoms with Crippen LogP contribution in [0.25, 0.3) is 0 Å². The molecular formula is C28H26Cl4N3O2+. The van der Waals surface area contributed by atoms with E-state index in [1.807, 2.05) is 72.0 Å². The van der Waals surface area contributed by atoms with Crippen molar-refractivity contribution < 1.29 is 14.1 Å². The molecule has 0 spiro atoms. The molecule has 0 aliphatic rings. The van der Waals surface area contributed by atoms with Gasteiger partial charge in [-0.15, -0.1) is 0 Å². The summed E-state index contributed by atoms with van der Waals surface area (Å²) < 4.78 is 10.1. The van der Waals surface area contributed by atoms with E-state index >= 15 is 0 Å². The van der Waals surface area contributed by atoms with Gasteiger partial charge < -0.3 is 10.1 Å². The van der Waals surface area contributed by atoms with E-state index in [1.54, 1.807) is 24.3 Å². The van der Waals surface area contributed by atoms with Crippen molar-refractivity contribution in [3.63, 3.8) is 0 Å². The Morgan fingerprint density at radius 3 is 2.32 bits per heavy atom. The van der Waals surface area contributed by atoms with Gasteiger partial charge in [-0.05, 0) is 54.8 Å². The third kappa shape index (κ3) is 7.28. The molecule has 9 heteroatoms. The largest absolute Gasteiger partial charge is 0.365 e. The van der Waals surface area contributed by atoms with Gasteiger partial charge in [-0.1, -0.05) is 76.7 Å². The molecule has 5 nitrogen and oxygen atoms in total. The number of aryl methyl sites for hydroxylation is 2. The Labute approximate surface area is 236 Å². The van der Waals surface area contributed by atoms with Gasteiger partial charge in [0.1, 0.15) is 25.0 Å². The van der Waals surface area contributed by atoms with Gasteiger partial charge in [0, 0.05) is 31.3 Å². The molecular weight excluding hydrogens is 552 g/mol. The Balaban J connectivity index is 1.48. The monoisotopic (exact) mass is 576 g/mol. The van der Waals surface area contributed by atoms with Crippen LogP contribution < -0.4 is 9.88 Å². The first kappa shape index (κ1) is 27.5. The van der Waals surface area contributed by atoms with Crippen molar-refractivity contribution in [3.05, 3.63) is 116 Å². The summed E-state index contributed by atoms with van der Waals surface area (Å²) >= 11 is 25.0. The first-order chi connectivity index (χ1) is 17.7. The molecule has 0 saturated heterocycles. The van der Waals surface area contributed by atoms with Crippen molar-refractivity contribution in [1.82, 2.24) is 4.57 Å². The Morgan fingerprint density at radius 2 is 1.65 bits per heavy atom. The minimum absolute atomic E-state index is 0.105. The third-order valence-corrected chi connectivity index (χ3v) is 7.11. The topological polar surface area (TPSA) is 47.1 Å². The average Bonchev–Trinajstić information content (AvgIpc) is 3.27. The summed E-state index contributed by atoms with van der Waals surface area (Å²) in [5.74, 6) is -0.105. The van der Waals surface area contributed by atoms with Gasteiger partial charge in [0.05, 0.1) is 6.61 Å². The maximum atomic E-state index is 12.7. The van der Waals surface area contributed by atoms with E-state index in [2.05, 4.69) is 5.32 Å². The molecule has 0 bridgehead atoms. The molecule has 1 heterocycles. The van der Waals surface area contributed by atoms with Crippen LogP contribution in [0.5, 0.6) is 0 Å². The lowest BCUT2D eigenvalue weighted by molar-refractivity contribution is -0.683. The molecule has 4 aromatic rings. The highest BCUT2D eigenvalue weighted by Gasteiger charge is 2.21. The number of hydrogen-bond acceptors (Lipinski definition) is 2. The highest BCUT2D eigenvalue weighted by molar-refractivity contribution is 6.35. The summed E-state index contributed by atoms with van der Waals surface area (Å²) in [6.45, 7) is 4.85. The number of hydrogen-bond donors (Lipinski definition) is 1.